The number of aryl methyl sites for hydroxylation is 1. The van der Waals surface area contributed by atoms with E-state index >= 15 is 0 Å². The molecule has 0 bridgehead atoms. The Morgan fingerprint density at radius 2 is 1.50 bits per heavy atom. The molecule has 0 heterocycles. The second-order valence-electron chi connectivity index (χ2n) is 6.29. The summed E-state index contributed by atoms with van der Waals surface area (Å²) in [7, 11) is 0. The third-order valence-electron chi connectivity index (χ3n) is 4.02. The van der Waals surface area contributed by atoms with Gasteiger partial charge in [0.2, 0.25) is 0 Å². The molecule has 28 heavy (non-hydrogen) atoms. The van der Waals surface area contributed by atoms with Crippen molar-refractivity contribution in [2.24, 2.45) is 4.99 Å². The fourth-order valence-corrected chi connectivity index (χ4v) is 3.23. The van der Waals surface area contributed by atoms with Crippen molar-refractivity contribution in [1.29, 1.82) is 0 Å². The van der Waals surface area contributed by atoms with Crippen LogP contribution in [0.15, 0.2) is 87.6 Å². The van der Waals surface area contributed by atoms with E-state index < -0.39 is 11.6 Å². The molecule has 0 aromatic heterocycles. The average molecular weight is 397 g/mol. The fourth-order valence-electron chi connectivity index (χ4n) is 2.52. The van der Waals surface area contributed by atoms with E-state index in [0.717, 1.165) is 16.5 Å². The molecule has 0 atom stereocenters. The first-order valence-electron chi connectivity index (χ1n) is 8.62. The van der Waals surface area contributed by atoms with Crippen LogP contribution in [-0.4, -0.2) is 5.71 Å². The van der Waals surface area contributed by atoms with E-state index in [2.05, 4.69) is 4.99 Å². The van der Waals surface area contributed by atoms with Crippen LogP contribution >= 0.6 is 11.8 Å². The number of rotatable bonds is 5. The number of nitrogens with zero attached hydrogens (tertiary/aromatic N) is 1. The van der Waals surface area contributed by atoms with Gasteiger partial charge in [0, 0.05) is 16.5 Å². The topological polar surface area (TPSA) is 12.4 Å². The van der Waals surface area contributed by atoms with E-state index in [1.54, 1.807) is 12.1 Å². The third-order valence-corrected chi connectivity index (χ3v) is 5.04. The van der Waals surface area contributed by atoms with Gasteiger partial charge in [0.15, 0.2) is 0 Å². The molecule has 0 N–H and O–H groups in total. The molecular weight excluding hydrogens is 379 g/mol. The van der Waals surface area contributed by atoms with E-state index in [0.29, 0.717) is 17.0 Å². The molecule has 0 aliphatic rings. The lowest BCUT2D eigenvalue weighted by atomic mass is 10.0. The van der Waals surface area contributed by atoms with Crippen LogP contribution in [0.5, 0.6) is 0 Å². The molecule has 3 aromatic rings. The van der Waals surface area contributed by atoms with Gasteiger partial charge < -0.3 is 0 Å². The molecule has 0 radical (unpaired) electrons. The Balaban J connectivity index is 2.00. The minimum Gasteiger partial charge on any atom is -0.248 e. The van der Waals surface area contributed by atoms with Gasteiger partial charge in [-0.2, -0.15) is 0 Å². The molecule has 0 saturated carbocycles. The highest BCUT2D eigenvalue weighted by Crippen LogP contribution is 2.25. The lowest BCUT2D eigenvalue weighted by Gasteiger charge is -2.10. The van der Waals surface area contributed by atoms with E-state index in [-0.39, 0.29) is 11.4 Å². The Morgan fingerprint density at radius 3 is 2.14 bits per heavy atom. The first kappa shape index (κ1) is 20.0. The molecule has 0 spiro atoms. The molecule has 3 rings (SSSR count). The van der Waals surface area contributed by atoms with Crippen LogP contribution in [-0.2, 0) is 0 Å². The van der Waals surface area contributed by atoms with E-state index in [1.807, 2.05) is 43.5 Å². The first-order chi connectivity index (χ1) is 13.4. The Hall–Kier alpha value is -2.79. The summed E-state index contributed by atoms with van der Waals surface area (Å²) in [5, 5.41) is 1.82. The molecule has 1 nitrogen and oxygen atoms in total. The van der Waals surface area contributed by atoms with Crippen LogP contribution < -0.4 is 0 Å². The molecule has 0 aliphatic carbocycles. The quantitative estimate of drug-likeness (QED) is 0.327. The summed E-state index contributed by atoms with van der Waals surface area (Å²) in [4.78, 5) is 5.44. The van der Waals surface area contributed by atoms with Gasteiger partial charge in [0.1, 0.15) is 17.5 Å². The Labute approximate surface area is 166 Å². The highest BCUT2D eigenvalue weighted by atomic mass is 32.2. The summed E-state index contributed by atoms with van der Waals surface area (Å²) in [6.45, 7) is 3.78. The highest BCUT2D eigenvalue weighted by molar-refractivity contribution is 8.02. The maximum atomic E-state index is 14.4. The van der Waals surface area contributed by atoms with Crippen LogP contribution in [0.1, 0.15) is 18.1 Å². The maximum absolute atomic E-state index is 14.4. The van der Waals surface area contributed by atoms with Crippen LogP contribution in [0, 0.1) is 24.4 Å². The lowest BCUT2D eigenvalue weighted by Crippen LogP contribution is -2.06. The summed E-state index contributed by atoms with van der Waals surface area (Å²) < 4.78 is 40.9. The van der Waals surface area contributed by atoms with Gasteiger partial charge in [-0.15, -0.1) is 0 Å². The summed E-state index contributed by atoms with van der Waals surface area (Å²) in [6, 6.07) is 17.1. The van der Waals surface area contributed by atoms with Gasteiger partial charge in [-0.3, -0.25) is 0 Å². The SMILES string of the molecule is CC(=CSc1ccc(F)cc1)C(=Nc1ccc(C)cc1)c1ccc(F)cc1F. The van der Waals surface area contributed by atoms with Crippen molar-refractivity contribution in [3.8, 4) is 0 Å². The highest BCUT2D eigenvalue weighted by Gasteiger charge is 2.13. The molecule has 0 fully saturated rings. The molecule has 0 saturated heterocycles. The zero-order valence-corrected chi connectivity index (χ0v) is 16.2. The zero-order valence-electron chi connectivity index (χ0n) is 15.4. The molecular formula is C23H18F3NS. The van der Waals surface area contributed by atoms with Crippen LogP contribution in [0.4, 0.5) is 18.9 Å². The number of allylic oxidation sites excluding steroid dienone is 1. The van der Waals surface area contributed by atoms with E-state index in [9.17, 15) is 13.2 Å². The van der Waals surface area contributed by atoms with Gasteiger partial charge in [-0.05, 0) is 73.4 Å². The molecule has 5 heteroatoms. The van der Waals surface area contributed by atoms with Crippen LogP contribution in [0.25, 0.3) is 0 Å². The summed E-state index contributed by atoms with van der Waals surface area (Å²) in [5.41, 5.74) is 3.10. The average Bonchev–Trinajstić information content (AvgIpc) is 2.67. The van der Waals surface area contributed by atoms with Crippen molar-refractivity contribution in [1.82, 2.24) is 0 Å². The summed E-state index contributed by atoms with van der Waals surface area (Å²) in [5.74, 6) is -1.62. The molecule has 142 valence electrons. The number of hydrogen-bond donors (Lipinski definition) is 0. The second-order valence-corrected chi connectivity index (χ2v) is 7.24. The molecule has 3 aromatic carbocycles. The Bertz CT molecular complexity index is 1020. The van der Waals surface area contributed by atoms with E-state index in [4.69, 9.17) is 0 Å². The van der Waals surface area contributed by atoms with Crippen molar-refractivity contribution in [2.75, 3.05) is 0 Å². The van der Waals surface area contributed by atoms with E-state index in [1.165, 1.54) is 36.0 Å². The van der Waals surface area contributed by atoms with Gasteiger partial charge in [-0.1, -0.05) is 29.5 Å². The maximum Gasteiger partial charge on any atom is 0.135 e. The van der Waals surface area contributed by atoms with Gasteiger partial charge in [-0.25, -0.2) is 18.2 Å². The number of halogens is 3. The molecule has 0 unspecified atom stereocenters. The van der Waals surface area contributed by atoms with Gasteiger partial charge in [0.05, 0.1) is 11.4 Å². The van der Waals surface area contributed by atoms with Crippen LogP contribution in [0.3, 0.4) is 0 Å². The number of aliphatic imine (C=N–C) groups is 1. The van der Waals surface area contributed by atoms with Crippen LogP contribution in [0.2, 0.25) is 0 Å². The standard InChI is InChI=1S/C23H18F3NS/c1-15-3-8-19(9-4-15)27-23(21-12-7-18(25)13-22(21)26)16(2)14-28-20-10-5-17(24)6-11-20/h3-14H,1-2H3. The van der Waals surface area contributed by atoms with Crippen molar-refractivity contribution in [2.45, 2.75) is 18.7 Å². The van der Waals surface area contributed by atoms with Crippen molar-refractivity contribution < 1.29 is 13.2 Å². The summed E-state index contributed by atoms with van der Waals surface area (Å²) >= 11 is 1.38. The minimum absolute atomic E-state index is 0.218. The monoisotopic (exact) mass is 397 g/mol. The minimum atomic E-state index is -0.676. The molecule has 0 amide bonds. The van der Waals surface area contributed by atoms with Gasteiger partial charge >= 0.3 is 0 Å². The summed E-state index contributed by atoms with van der Waals surface area (Å²) in [6.07, 6.45) is 0. The van der Waals surface area contributed by atoms with Crippen molar-refractivity contribution in [3.05, 3.63) is 106 Å². The van der Waals surface area contributed by atoms with Crippen molar-refractivity contribution >= 4 is 23.2 Å². The lowest BCUT2D eigenvalue weighted by molar-refractivity contribution is 0.582. The second kappa shape index (κ2) is 8.93. The molecule has 0 aliphatic heterocycles. The van der Waals surface area contributed by atoms with Crippen molar-refractivity contribution in [3.63, 3.8) is 0 Å². The Kier molecular flexibility index (Phi) is 6.37. The fraction of sp³-hybridized carbons (Fsp3) is 0.0870. The smallest absolute Gasteiger partial charge is 0.135 e. The predicted octanol–water partition coefficient (Wildman–Crippen LogP) is 7.23. The first-order valence-corrected chi connectivity index (χ1v) is 9.50. The Morgan fingerprint density at radius 1 is 0.857 bits per heavy atom. The number of thioether (sulfide) groups is 1. The van der Waals surface area contributed by atoms with Gasteiger partial charge in [0.25, 0.3) is 0 Å². The normalized spacial score (nSPS) is 12.3. The zero-order chi connectivity index (χ0) is 20.1. The third kappa shape index (κ3) is 5.14. The largest absolute Gasteiger partial charge is 0.248 e. The number of hydrogen-bond acceptors (Lipinski definition) is 2. The number of benzene rings is 3. The predicted molar refractivity (Wildman–Crippen MR) is 110 cm³/mol.